The Hall–Kier alpha value is -3.41. The standard InChI is InChI=1S/C21H22ClN7O4/c22-21-27-17(18-19(28-21)29(9-26-18)10-4-5-10)12-3-1-2-11(15(30)7-23)13(12)8-33-20(32)14(24)6-16(25)31/h1-3,9-10,14H,4-8,23-24H2,(H2,25,31). The maximum Gasteiger partial charge on any atom is 0.323 e. The number of amides is 1. The van der Waals surface area contributed by atoms with Crippen molar-refractivity contribution in [3.8, 4) is 11.3 Å². The number of esters is 1. The van der Waals surface area contributed by atoms with Crippen LogP contribution in [0.5, 0.6) is 0 Å². The Morgan fingerprint density at radius 1 is 1.24 bits per heavy atom. The number of ether oxygens (including phenoxy) is 1. The molecule has 1 aromatic carbocycles. The molecule has 0 spiro atoms. The van der Waals surface area contributed by atoms with Crippen LogP contribution in [0.4, 0.5) is 0 Å². The number of nitrogens with two attached hydrogens (primary N) is 3. The molecule has 1 fully saturated rings. The molecule has 2 heterocycles. The molecule has 0 aliphatic heterocycles. The molecule has 11 nitrogen and oxygen atoms in total. The summed E-state index contributed by atoms with van der Waals surface area (Å²) in [6.45, 7) is -0.559. The SMILES string of the molecule is NCC(=O)c1cccc(-c2nc(Cl)nc3c2ncn3C2CC2)c1COC(=O)C(N)CC(N)=O. The Labute approximate surface area is 193 Å². The first-order valence-corrected chi connectivity index (χ1v) is 10.6. The van der Waals surface area contributed by atoms with Gasteiger partial charge in [0, 0.05) is 22.7 Å². The average molecular weight is 472 g/mol. The van der Waals surface area contributed by atoms with Gasteiger partial charge in [-0.2, -0.15) is 4.98 Å². The number of hydrogen-bond donors (Lipinski definition) is 3. The Morgan fingerprint density at radius 2 is 2.00 bits per heavy atom. The number of hydrogen-bond acceptors (Lipinski definition) is 9. The lowest BCUT2D eigenvalue weighted by Gasteiger charge is -2.16. The summed E-state index contributed by atoms with van der Waals surface area (Å²) in [7, 11) is 0. The fraction of sp³-hybridized carbons (Fsp3) is 0.333. The summed E-state index contributed by atoms with van der Waals surface area (Å²) in [4.78, 5) is 49.1. The summed E-state index contributed by atoms with van der Waals surface area (Å²) in [6.07, 6.45) is 3.37. The highest BCUT2D eigenvalue weighted by molar-refractivity contribution is 6.28. The van der Waals surface area contributed by atoms with Gasteiger partial charge < -0.3 is 26.5 Å². The quantitative estimate of drug-likeness (QED) is 0.231. The number of imidazole rings is 1. The number of primary amides is 1. The second kappa shape index (κ2) is 9.22. The molecule has 0 saturated heterocycles. The molecule has 1 saturated carbocycles. The Kier molecular flexibility index (Phi) is 6.36. The largest absolute Gasteiger partial charge is 0.460 e. The van der Waals surface area contributed by atoms with Crippen molar-refractivity contribution in [2.24, 2.45) is 17.2 Å². The molecule has 33 heavy (non-hydrogen) atoms. The molecule has 3 aromatic rings. The molecule has 1 atom stereocenters. The molecule has 6 N–H and O–H groups in total. The van der Waals surface area contributed by atoms with Gasteiger partial charge in [0.25, 0.3) is 0 Å². The summed E-state index contributed by atoms with van der Waals surface area (Å²) in [5.41, 5.74) is 18.9. The van der Waals surface area contributed by atoms with E-state index in [-0.39, 0.29) is 36.2 Å². The summed E-state index contributed by atoms with van der Waals surface area (Å²) in [6, 6.07) is 4.05. The van der Waals surface area contributed by atoms with Crippen LogP contribution in [0.2, 0.25) is 5.28 Å². The van der Waals surface area contributed by atoms with E-state index in [1.54, 1.807) is 24.5 Å². The van der Waals surface area contributed by atoms with Crippen LogP contribution < -0.4 is 17.2 Å². The Morgan fingerprint density at radius 3 is 2.67 bits per heavy atom. The van der Waals surface area contributed by atoms with E-state index in [1.165, 1.54) is 0 Å². The van der Waals surface area contributed by atoms with Crippen LogP contribution >= 0.6 is 11.6 Å². The van der Waals surface area contributed by atoms with Gasteiger partial charge in [0.1, 0.15) is 23.9 Å². The molecule has 1 unspecified atom stereocenters. The van der Waals surface area contributed by atoms with E-state index in [0.29, 0.717) is 34.0 Å². The molecular weight excluding hydrogens is 450 g/mol. The summed E-state index contributed by atoms with van der Waals surface area (Å²) in [5.74, 6) is -1.93. The van der Waals surface area contributed by atoms with E-state index in [2.05, 4.69) is 15.0 Å². The lowest BCUT2D eigenvalue weighted by molar-refractivity contribution is -0.147. The third-order valence-electron chi connectivity index (χ3n) is 5.33. The number of benzene rings is 1. The van der Waals surface area contributed by atoms with Gasteiger partial charge in [-0.3, -0.25) is 14.4 Å². The monoisotopic (exact) mass is 471 g/mol. The first-order chi connectivity index (χ1) is 15.8. The number of carbonyl (C=O) groups excluding carboxylic acids is 3. The van der Waals surface area contributed by atoms with Crippen LogP contribution in [0.25, 0.3) is 22.4 Å². The molecule has 12 heteroatoms. The zero-order valence-corrected chi connectivity index (χ0v) is 18.3. The zero-order valence-electron chi connectivity index (χ0n) is 17.5. The fourth-order valence-corrected chi connectivity index (χ4v) is 3.75. The molecule has 2 aromatic heterocycles. The first kappa shape index (κ1) is 22.8. The fourth-order valence-electron chi connectivity index (χ4n) is 3.58. The highest BCUT2D eigenvalue weighted by Crippen LogP contribution is 2.39. The smallest absolute Gasteiger partial charge is 0.323 e. The van der Waals surface area contributed by atoms with Crippen LogP contribution in [0.3, 0.4) is 0 Å². The number of fused-ring (bicyclic) bond motifs is 1. The average Bonchev–Trinajstić information content (AvgIpc) is 3.54. The number of rotatable bonds is 9. The van der Waals surface area contributed by atoms with Gasteiger partial charge in [0.05, 0.1) is 19.3 Å². The lowest BCUT2D eigenvalue weighted by Crippen LogP contribution is -2.36. The van der Waals surface area contributed by atoms with Crippen molar-refractivity contribution in [3.05, 3.63) is 40.9 Å². The van der Waals surface area contributed by atoms with E-state index in [1.807, 2.05) is 4.57 Å². The van der Waals surface area contributed by atoms with Crippen LogP contribution in [0.1, 0.15) is 41.2 Å². The van der Waals surface area contributed by atoms with Crippen molar-refractivity contribution in [2.45, 2.75) is 38.0 Å². The number of nitrogens with zero attached hydrogens (tertiary/aromatic N) is 4. The topological polar surface area (TPSA) is 182 Å². The predicted molar refractivity (Wildman–Crippen MR) is 119 cm³/mol. The van der Waals surface area contributed by atoms with Gasteiger partial charge >= 0.3 is 5.97 Å². The van der Waals surface area contributed by atoms with E-state index >= 15 is 0 Å². The number of carbonyl (C=O) groups is 3. The van der Waals surface area contributed by atoms with E-state index in [4.69, 9.17) is 33.5 Å². The van der Waals surface area contributed by atoms with Gasteiger partial charge in [-0.1, -0.05) is 18.2 Å². The van der Waals surface area contributed by atoms with Gasteiger partial charge in [0.15, 0.2) is 11.4 Å². The predicted octanol–water partition coefficient (Wildman–Crippen LogP) is 0.869. The van der Waals surface area contributed by atoms with Gasteiger partial charge in [-0.05, 0) is 24.4 Å². The summed E-state index contributed by atoms with van der Waals surface area (Å²) >= 11 is 6.23. The maximum absolute atomic E-state index is 12.5. The van der Waals surface area contributed by atoms with E-state index in [9.17, 15) is 14.4 Å². The van der Waals surface area contributed by atoms with Crippen LogP contribution in [-0.2, 0) is 20.9 Å². The van der Waals surface area contributed by atoms with Crippen molar-refractivity contribution in [3.63, 3.8) is 0 Å². The molecular formula is C21H22ClN7O4. The Balaban J connectivity index is 1.78. The third kappa shape index (κ3) is 4.70. The van der Waals surface area contributed by atoms with Gasteiger partial charge in [-0.15, -0.1) is 0 Å². The normalized spacial score (nSPS) is 14.3. The lowest BCUT2D eigenvalue weighted by atomic mass is 9.96. The van der Waals surface area contributed by atoms with Crippen molar-refractivity contribution in [1.29, 1.82) is 0 Å². The minimum atomic E-state index is -1.22. The third-order valence-corrected chi connectivity index (χ3v) is 5.50. The van der Waals surface area contributed by atoms with Crippen LogP contribution in [-0.4, -0.2) is 49.8 Å². The van der Waals surface area contributed by atoms with Crippen molar-refractivity contribution in [2.75, 3.05) is 6.54 Å². The minimum Gasteiger partial charge on any atom is -0.460 e. The minimum absolute atomic E-state index is 0.0156. The molecule has 1 aliphatic carbocycles. The molecule has 1 aliphatic rings. The second-order valence-corrected chi connectivity index (χ2v) is 8.08. The maximum atomic E-state index is 12.5. The van der Waals surface area contributed by atoms with Crippen LogP contribution in [0.15, 0.2) is 24.5 Å². The summed E-state index contributed by atoms with van der Waals surface area (Å²) in [5, 5.41) is 0.0156. The summed E-state index contributed by atoms with van der Waals surface area (Å²) < 4.78 is 7.27. The highest BCUT2D eigenvalue weighted by atomic mass is 35.5. The zero-order chi connectivity index (χ0) is 23.7. The molecule has 0 radical (unpaired) electrons. The Bertz CT molecular complexity index is 1250. The highest BCUT2D eigenvalue weighted by Gasteiger charge is 2.28. The van der Waals surface area contributed by atoms with E-state index in [0.717, 1.165) is 12.8 Å². The molecule has 172 valence electrons. The second-order valence-electron chi connectivity index (χ2n) is 7.74. The van der Waals surface area contributed by atoms with Crippen molar-refractivity contribution in [1.82, 2.24) is 19.5 Å². The van der Waals surface area contributed by atoms with Gasteiger partial charge in [-0.25, -0.2) is 9.97 Å². The molecule has 4 rings (SSSR count). The number of ketones is 1. The van der Waals surface area contributed by atoms with Crippen molar-refractivity contribution >= 4 is 40.4 Å². The number of halogens is 1. The molecule has 0 bridgehead atoms. The number of Topliss-reactive ketones (excluding diaryl/α,β-unsaturated/α-hetero) is 1. The van der Waals surface area contributed by atoms with Gasteiger partial charge in [0.2, 0.25) is 11.2 Å². The molecule has 1 amide bonds. The van der Waals surface area contributed by atoms with E-state index < -0.39 is 17.9 Å². The number of aromatic nitrogens is 4. The van der Waals surface area contributed by atoms with Crippen LogP contribution in [0, 0.1) is 0 Å². The first-order valence-electron chi connectivity index (χ1n) is 10.3. The van der Waals surface area contributed by atoms with Crippen molar-refractivity contribution < 1.29 is 19.1 Å².